The fraction of sp³-hybridized carbons (Fsp3) is 0.917. The Morgan fingerprint density at radius 1 is 1.14 bits per heavy atom. The van der Waals surface area contributed by atoms with Gasteiger partial charge in [-0.15, -0.1) is 0 Å². The van der Waals surface area contributed by atoms with Crippen LogP contribution in [0, 0.1) is 0 Å². The van der Waals surface area contributed by atoms with E-state index in [2.05, 4.69) is 26.1 Å². The number of rotatable bonds is 8. The largest absolute Gasteiger partial charge is 0.311 e. The third kappa shape index (κ3) is 6.14. The molecule has 0 saturated carbocycles. The molecule has 0 spiro atoms. The number of carbonyl (C=O) groups excluding carboxylic acids is 1. The lowest BCUT2D eigenvalue weighted by molar-refractivity contribution is -0.117. The summed E-state index contributed by atoms with van der Waals surface area (Å²) in [6, 6.07) is 0.966. The Morgan fingerprint density at radius 2 is 1.71 bits per heavy atom. The number of Topliss-reactive ketones (excluding diaryl/α,β-unsaturated/α-hetero) is 1. The highest BCUT2D eigenvalue weighted by molar-refractivity contribution is 5.76. The van der Waals surface area contributed by atoms with E-state index < -0.39 is 0 Å². The highest BCUT2D eigenvalue weighted by atomic mass is 16.1. The SMILES string of the molecule is CCCC(CC(C)=O)NC(CC)CC. The first-order chi connectivity index (χ1) is 6.63. The van der Waals surface area contributed by atoms with Crippen molar-refractivity contribution in [1.82, 2.24) is 5.32 Å². The first-order valence-electron chi connectivity index (χ1n) is 5.89. The van der Waals surface area contributed by atoms with Gasteiger partial charge in [-0.2, -0.15) is 0 Å². The number of carbonyl (C=O) groups is 1. The van der Waals surface area contributed by atoms with Gasteiger partial charge in [-0.3, -0.25) is 4.79 Å². The maximum absolute atomic E-state index is 11.0. The average Bonchev–Trinajstić information content (AvgIpc) is 2.13. The van der Waals surface area contributed by atoms with Gasteiger partial charge in [0.05, 0.1) is 0 Å². The molecule has 1 unspecified atom stereocenters. The summed E-state index contributed by atoms with van der Waals surface area (Å²) in [6.45, 7) is 8.23. The molecule has 0 heterocycles. The molecule has 14 heavy (non-hydrogen) atoms. The van der Waals surface area contributed by atoms with Crippen LogP contribution in [-0.2, 0) is 4.79 Å². The lowest BCUT2D eigenvalue weighted by Crippen LogP contribution is -2.38. The maximum atomic E-state index is 11.0. The van der Waals surface area contributed by atoms with Crippen LogP contribution in [0.2, 0.25) is 0 Å². The second-order valence-electron chi connectivity index (χ2n) is 4.07. The van der Waals surface area contributed by atoms with Gasteiger partial charge in [0, 0.05) is 18.5 Å². The Bertz CT molecular complexity index is 152. The standard InChI is InChI=1S/C12H25NO/c1-5-8-12(9-10(4)14)13-11(6-2)7-3/h11-13H,5-9H2,1-4H3. The lowest BCUT2D eigenvalue weighted by Gasteiger charge is -2.23. The summed E-state index contributed by atoms with van der Waals surface area (Å²) in [6.07, 6.45) is 5.23. The van der Waals surface area contributed by atoms with E-state index in [1.54, 1.807) is 6.92 Å². The molecule has 0 amide bonds. The summed E-state index contributed by atoms with van der Waals surface area (Å²) in [5, 5.41) is 3.56. The predicted octanol–water partition coefficient (Wildman–Crippen LogP) is 2.91. The topological polar surface area (TPSA) is 29.1 Å². The summed E-state index contributed by atoms with van der Waals surface area (Å²) < 4.78 is 0. The van der Waals surface area contributed by atoms with Crippen LogP contribution in [0.3, 0.4) is 0 Å². The van der Waals surface area contributed by atoms with E-state index in [0.29, 0.717) is 24.3 Å². The van der Waals surface area contributed by atoms with Gasteiger partial charge in [-0.25, -0.2) is 0 Å². The Morgan fingerprint density at radius 3 is 2.07 bits per heavy atom. The molecule has 2 nitrogen and oxygen atoms in total. The first kappa shape index (κ1) is 13.6. The number of hydrogen-bond donors (Lipinski definition) is 1. The summed E-state index contributed by atoms with van der Waals surface area (Å²) in [7, 11) is 0. The molecule has 0 aliphatic carbocycles. The van der Waals surface area contributed by atoms with Crippen LogP contribution in [0.1, 0.15) is 59.8 Å². The minimum absolute atomic E-state index is 0.293. The van der Waals surface area contributed by atoms with E-state index in [1.807, 2.05) is 0 Å². The molecule has 0 aliphatic heterocycles. The van der Waals surface area contributed by atoms with E-state index >= 15 is 0 Å². The van der Waals surface area contributed by atoms with Crippen LogP contribution >= 0.6 is 0 Å². The molecule has 0 fully saturated rings. The van der Waals surface area contributed by atoms with E-state index in [-0.39, 0.29) is 0 Å². The van der Waals surface area contributed by atoms with E-state index in [1.165, 1.54) is 0 Å². The Hall–Kier alpha value is -0.370. The highest BCUT2D eigenvalue weighted by Crippen LogP contribution is 2.07. The Kier molecular flexibility index (Phi) is 7.77. The molecule has 0 aliphatic rings. The predicted molar refractivity (Wildman–Crippen MR) is 61.5 cm³/mol. The number of nitrogens with one attached hydrogen (secondary N) is 1. The summed E-state index contributed by atoms with van der Waals surface area (Å²) >= 11 is 0. The van der Waals surface area contributed by atoms with Gasteiger partial charge in [-0.05, 0) is 26.2 Å². The molecule has 0 aromatic carbocycles. The van der Waals surface area contributed by atoms with Crippen LogP contribution in [0.15, 0.2) is 0 Å². The molecular weight excluding hydrogens is 174 g/mol. The van der Waals surface area contributed by atoms with Crippen molar-refractivity contribution in [2.24, 2.45) is 0 Å². The van der Waals surface area contributed by atoms with Crippen molar-refractivity contribution in [3.8, 4) is 0 Å². The van der Waals surface area contributed by atoms with Crippen molar-refractivity contribution < 1.29 is 4.79 Å². The first-order valence-corrected chi connectivity index (χ1v) is 5.89. The summed E-state index contributed by atoms with van der Waals surface area (Å²) in [5.74, 6) is 0.293. The van der Waals surface area contributed by atoms with Gasteiger partial charge in [0.15, 0.2) is 0 Å². The Labute approximate surface area is 88.5 Å². The zero-order chi connectivity index (χ0) is 11.0. The van der Waals surface area contributed by atoms with Gasteiger partial charge < -0.3 is 5.32 Å². The van der Waals surface area contributed by atoms with Crippen LogP contribution in [0.4, 0.5) is 0 Å². The molecule has 0 aromatic rings. The van der Waals surface area contributed by atoms with Crippen molar-refractivity contribution in [1.29, 1.82) is 0 Å². The van der Waals surface area contributed by atoms with Crippen molar-refractivity contribution >= 4 is 5.78 Å². The third-order valence-electron chi connectivity index (χ3n) is 2.63. The van der Waals surface area contributed by atoms with Crippen LogP contribution in [0.25, 0.3) is 0 Å². The maximum Gasteiger partial charge on any atom is 0.131 e. The van der Waals surface area contributed by atoms with Gasteiger partial charge in [-0.1, -0.05) is 27.2 Å². The highest BCUT2D eigenvalue weighted by Gasteiger charge is 2.13. The van der Waals surface area contributed by atoms with Crippen LogP contribution < -0.4 is 5.32 Å². The van der Waals surface area contributed by atoms with Gasteiger partial charge in [0.25, 0.3) is 0 Å². The molecule has 1 N–H and O–H groups in total. The zero-order valence-corrected chi connectivity index (χ0v) is 10.1. The fourth-order valence-electron chi connectivity index (χ4n) is 1.80. The minimum Gasteiger partial charge on any atom is -0.311 e. The number of hydrogen-bond acceptors (Lipinski definition) is 2. The fourth-order valence-corrected chi connectivity index (χ4v) is 1.80. The molecule has 0 radical (unpaired) electrons. The van der Waals surface area contributed by atoms with Crippen molar-refractivity contribution in [2.75, 3.05) is 0 Å². The van der Waals surface area contributed by atoms with Gasteiger partial charge >= 0.3 is 0 Å². The second kappa shape index (κ2) is 7.98. The van der Waals surface area contributed by atoms with Gasteiger partial charge in [0.1, 0.15) is 5.78 Å². The smallest absolute Gasteiger partial charge is 0.131 e. The quantitative estimate of drug-likeness (QED) is 0.651. The van der Waals surface area contributed by atoms with Gasteiger partial charge in [0.2, 0.25) is 0 Å². The normalized spacial score (nSPS) is 13.2. The zero-order valence-electron chi connectivity index (χ0n) is 10.1. The molecule has 0 bridgehead atoms. The number of ketones is 1. The molecule has 0 rings (SSSR count). The minimum atomic E-state index is 0.293. The molecule has 2 heteroatoms. The van der Waals surface area contributed by atoms with Crippen molar-refractivity contribution in [3.63, 3.8) is 0 Å². The van der Waals surface area contributed by atoms with Crippen LogP contribution in [-0.4, -0.2) is 17.9 Å². The second-order valence-corrected chi connectivity index (χ2v) is 4.07. The lowest BCUT2D eigenvalue weighted by atomic mass is 10.0. The van der Waals surface area contributed by atoms with E-state index in [9.17, 15) is 4.79 Å². The molecule has 0 saturated heterocycles. The molecule has 1 atom stereocenters. The van der Waals surface area contributed by atoms with Crippen LogP contribution in [0.5, 0.6) is 0 Å². The Balaban J connectivity index is 3.99. The van der Waals surface area contributed by atoms with E-state index in [4.69, 9.17) is 0 Å². The summed E-state index contributed by atoms with van der Waals surface area (Å²) in [5.41, 5.74) is 0. The van der Waals surface area contributed by atoms with Crippen molar-refractivity contribution in [3.05, 3.63) is 0 Å². The monoisotopic (exact) mass is 199 g/mol. The average molecular weight is 199 g/mol. The molecular formula is C12H25NO. The third-order valence-corrected chi connectivity index (χ3v) is 2.63. The summed E-state index contributed by atoms with van der Waals surface area (Å²) in [4.78, 5) is 11.0. The molecule has 0 aromatic heterocycles. The van der Waals surface area contributed by atoms with Crippen molar-refractivity contribution in [2.45, 2.75) is 71.9 Å². The van der Waals surface area contributed by atoms with E-state index in [0.717, 1.165) is 25.7 Å². The molecule has 84 valence electrons.